The largest absolute Gasteiger partial charge is 0.508 e. The number of methoxy groups -OCH3 is 2. The molecule has 0 saturated carbocycles. The average molecular weight is 284 g/mol. The SMILES string of the molecule is COc1ccc(/C=C/C(=O)c2cccc(O)c2)c(OC)c1. The lowest BCUT2D eigenvalue weighted by Gasteiger charge is -2.07. The van der Waals surface area contributed by atoms with Gasteiger partial charge in [-0.1, -0.05) is 12.1 Å². The Labute approximate surface area is 123 Å². The Balaban J connectivity index is 2.23. The molecule has 0 amide bonds. The number of hydrogen-bond acceptors (Lipinski definition) is 4. The van der Waals surface area contributed by atoms with Crippen LogP contribution in [0.2, 0.25) is 0 Å². The first kappa shape index (κ1) is 14.7. The van der Waals surface area contributed by atoms with Crippen LogP contribution in [0.4, 0.5) is 0 Å². The summed E-state index contributed by atoms with van der Waals surface area (Å²) in [6.07, 6.45) is 3.11. The fourth-order valence-electron chi connectivity index (χ4n) is 1.88. The normalized spacial score (nSPS) is 10.6. The molecule has 0 bridgehead atoms. The number of phenols is 1. The molecule has 2 aromatic rings. The van der Waals surface area contributed by atoms with Crippen molar-refractivity contribution in [2.24, 2.45) is 0 Å². The van der Waals surface area contributed by atoms with Crippen LogP contribution in [0.1, 0.15) is 15.9 Å². The maximum atomic E-state index is 12.0. The van der Waals surface area contributed by atoms with Gasteiger partial charge in [0.05, 0.1) is 14.2 Å². The standard InChI is InChI=1S/C17H16O4/c1-20-15-8-6-12(17(11-15)21-2)7-9-16(19)13-4-3-5-14(18)10-13/h3-11,18H,1-2H3/b9-7+. The molecule has 0 atom stereocenters. The van der Waals surface area contributed by atoms with E-state index in [1.54, 1.807) is 44.6 Å². The zero-order valence-corrected chi connectivity index (χ0v) is 11.9. The Hall–Kier alpha value is -2.75. The molecular weight excluding hydrogens is 268 g/mol. The molecule has 0 aliphatic heterocycles. The van der Waals surface area contributed by atoms with Crippen molar-refractivity contribution < 1.29 is 19.4 Å². The maximum Gasteiger partial charge on any atom is 0.185 e. The molecule has 4 heteroatoms. The van der Waals surface area contributed by atoms with Crippen molar-refractivity contribution in [2.75, 3.05) is 14.2 Å². The van der Waals surface area contributed by atoms with Crippen molar-refractivity contribution >= 4 is 11.9 Å². The van der Waals surface area contributed by atoms with Gasteiger partial charge in [0.2, 0.25) is 0 Å². The van der Waals surface area contributed by atoms with Gasteiger partial charge < -0.3 is 14.6 Å². The predicted octanol–water partition coefficient (Wildman–Crippen LogP) is 3.31. The third kappa shape index (κ3) is 3.63. The zero-order valence-electron chi connectivity index (χ0n) is 11.9. The number of carbonyl (C=O) groups is 1. The van der Waals surface area contributed by atoms with Gasteiger partial charge in [0.15, 0.2) is 5.78 Å². The van der Waals surface area contributed by atoms with E-state index in [2.05, 4.69) is 0 Å². The monoisotopic (exact) mass is 284 g/mol. The summed E-state index contributed by atoms with van der Waals surface area (Å²) in [6.45, 7) is 0. The molecule has 21 heavy (non-hydrogen) atoms. The van der Waals surface area contributed by atoms with E-state index in [4.69, 9.17) is 9.47 Å². The van der Waals surface area contributed by atoms with Gasteiger partial charge in [0.1, 0.15) is 17.2 Å². The first-order valence-electron chi connectivity index (χ1n) is 6.37. The highest BCUT2D eigenvalue weighted by atomic mass is 16.5. The Morgan fingerprint density at radius 2 is 1.90 bits per heavy atom. The van der Waals surface area contributed by atoms with Crippen molar-refractivity contribution in [1.29, 1.82) is 0 Å². The molecule has 0 radical (unpaired) electrons. The van der Waals surface area contributed by atoms with Crippen LogP contribution in [0.25, 0.3) is 6.08 Å². The molecule has 0 spiro atoms. The quantitative estimate of drug-likeness (QED) is 0.676. The van der Waals surface area contributed by atoms with Crippen molar-refractivity contribution in [2.45, 2.75) is 0 Å². The lowest BCUT2D eigenvalue weighted by atomic mass is 10.1. The van der Waals surface area contributed by atoms with Crippen LogP contribution in [-0.4, -0.2) is 25.1 Å². The van der Waals surface area contributed by atoms with Crippen LogP contribution in [0.5, 0.6) is 17.2 Å². The molecule has 108 valence electrons. The molecule has 1 N–H and O–H groups in total. The van der Waals surface area contributed by atoms with Gasteiger partial charge in [-0.15, -0.1) is 0 Å². The number of phenolic OH excluding ortho intramolecular Hbond substituents is 1. The first-order valence-corrected chi connectivity index (χ1v) is 6.37. The molecule has 0 unspecified atom stereocenters. The number of benzene rings is 2. The second kappa shape index (κ2) is 6.61. The van der Waals surface area contributed by atoms with E-state index in [0.717, 1.165) is 5.56 Å². The molecule has 0 heterocycles. The number of rotatable bonds is 5. The van der Waals surface area contributed by atoms with Gasteiger partial charge >= 0.3 is 0 Å². The van der Waals surface area contributed by atoms with Gasteiger partial charge in [-0.3, -0.25) is 4.79 Å². The lowest BCUT2D eigenvalue weighted by molar-refractivity contribution is 0.104. The number of carbonyl (C=O) groups excluding carboxylic acids is 1. The minimum Gasteiger partial charge on any atom is -0.508 e. The number of ketones is 1. The summed E-state index contributed by atoms with van der Waals surface area (Å²) in [5.41, 5.74) is 1.20. The topological polar surface area (TPSA) is 55.8 Å². The van der Waals surface area contributed by atoms with Crippen molar-refractivity contribution in [1.82, 2.24) is 0 Å². The molecule has 2 aromatic carbocycles. The van der Waals surface area contributed by atoms with Crippen LogP contribution >= 0.6 is 0 Å². The van der Waals surface area contributed by atoms with E-state index in [1.807, 2.05) is 6.07 Å². The highest BCUT2D eigenvalue weighted by molar-refractivity contribution is 6.07. The Bertz CT molecular complexity index is 674. The van der Waals surface area contributed by atoms with E-state index >= 15 is 0 Å². The molecule has 0 fully saturated rings. The van der Waals surface area contributed by atoms with Crippen LogP contribution in [0.15, 0.2) is 48.5 Å². The van der Waals surface area contributed by atoms with E-state index < -0.39 is 0 Å². The summed E-state index contributed by atoms with van der Waals surface area (Å²) in [5, 5.41) is 9.38. The first-order chi connectivity index (χ1) is 10.1. The molecule has 0 aromatic heterocycles. The molecule has 0 saturated heterocycles. The van der Waals surface area contributed by atoms with Gasteiger partial charge in [0, 0.05) is 17.2 Å². The fourth-order valence-corrected chi connectivity index (χ4v) is 1.88. The number of aromatic hydroxyl groups is 1. The highest BCUT2D eigenvalue weighted by Crippen LogP contribution is 2.25. The molecule has 0 aliphatic rings. The smallest absolute Gasteiger partial charge is 0.185 e. The van der Waals surface area contributed by atoms with Crippen LogP contribution < -0.4 is 9.47 Å². The summed E-state index contributed by atoms with van der Waals surface area (Å²) >= 11 is 0. The Morgan fingerprint density at radius 1 is 1.10 bits per heavy atom. The van der Waals surface area contributed by atoms with E-state index in [1.165, 1.54) is 18.2 Å². The van der Waals surface area contributed by atoms with E-state index in [9.17, 15) is 9.90 Å². The van der Waals surface area contributed by atoms with E-state index in [-0.39, 0.29) is 11.5 Å². The zero-order chi connectivity index (χ0) is 15.2. The summed E-state index contributed by atoms with van der Waals surface area (Å²) < 4.78 is 10.4. The third-order valence-electron chi connectivity index (χ3n) is 2.99. The summed E-state index contributed by atoms with van der Waals surface area (Å²) in [6, 6.07) is 11.6. The molecule has 0 aliphatic carbocycles. The van der Waals surface area contributed by atoms with Crippen LogP contribution in [-0.2, 0) is 0 Å². The number of hydrogen-bond donors (Lipinski definition) is 1. The fraction of sp³-hybridized carbons (Fsp3) is 0.118. The molecular formula is C17H16O4. The van der Waals surface area contributed by atoms with Crippen molar-refractivity contribution in [3.05, 3.63) is 59.7 Å². The van der Waals surface area contributed by atoms with E-state index in [0.29, 0.717) is 17.1 Å². The minimum absolute atomic E-state index is 0.0660. The second-order valence-electron chi connectivity index (χ2n) is 4.36. The van der Waals surface area contributed by atoms with Crippen molar-refractivity contribution in [3.8, 4) is 17.2 Å². The maximum absolute atomic E-state index is 12.0. The third-order valence-corrected chi connectivity index (χ3v) is 2.99. The van der Waals surface area contributed by atoms with Gasteiger partial charge in [-0.2, -0.15) is 0 Å². The second-order valence-corrected chi connectivity index (χ2v) is 4.36. The number of ether oxygens (including phenoxy) is 2. The van der Waals surface area contributed by atoms with Crippen LogP contribution in [0, 0.1) is 0 Å². The molecule has 2 rings (SSSR count). The lowest BCUT2D eigenvalue weighted by Crippen LogP contribution is -1.94. The number of allylic oxidation sites excluding steroid dienone is 1. The van der Waals surface area contributed by atoms with Gasteiger partial charge in [-0.05, 0) is 36.4 Å². The van der Waals surface area contributed by atoms with Crippen LogP contribution in [0.3, 0.4) is 0 Å². The Morgan fingerprint density at radius 3 is 2.57 bits per heavy atom. The summed E-state index contributed by atoms with van der Waals surface area (Å²) in [4.78, 5) is 12.0. The summed E-state index contributed by atoms with van der Waals surface area (Å²) in [7, 11) is 3.14. The summed E-state index contributed by atoms with van der Waals surface area (Å²) in [5.74, 6) is 1.18. The van der Waals surface area contributed by atoms with Crippen molar-refractivity contribution in [3.63, 3.8) is 0 Å². The van der Waals surface area contributed by atoms with Gasteiger partial charge in [-0.25, -0.2) is 0 Å². The predicted molar refractivity (Wildman–Crippen MR) is 81.0 cm³/mol. The molecule has 4 nitrogen and oxygen atoms in total. The average Bonchev–Trinajstić information content (AvgIpc) is 2.52. The highest BCUT2D eigenvalue weighted by Gasteiger charge is 2.05. The minimum atomic E-state index is -0.191. The van der Waals surface area contributed by atoms with Gasteiger partial charge in [0.25, 0.3) is 0 Å². The Kier molecular flexibility index (Phi) is 4.61.